The van der Waals surface area contributed by atoms with Gasteiger partial charge in [-0.1, -0.05) is 24.3 Å². The minimum absolute atomic E-state index is 0.955. The Labute approximate surface area is 94.8 Å². The minimum Gasteiger partial charge on any atom is -0.315 e. The van der Waals surface area contributed by atoms with Crippen molar-refractivity contribution in [3.8, 4) is 10.4 Å². The zero-order chi connectivity index (χ0) is 10.7. The first kappa shape index (κ1) is 10.4. The average molecular weight is 217 g/mol. The molecule has 0 bridgehead atoms. The van der Waals surface area contributed by atoms with E-state index >= 15 is 0 Å². The van der Waals surface area contributed by atoms with Crippen molar-refractivity contribution in [1.29, 1.82) is 0 Å². The molecule has 0 atom stereocenters. The van der Waals surface area contributed by atoms with Crippen LogP contribution in [0, 0.1) is 6.92 Å². The SMILES string of the molecule is CNCc1ccc(-c2ccccc2C)s1. The van der Waals surface area contributed by atoms with E-state index in [2.05, 4.69) is 48.6 Å². The Balaban J connectivity index is 2.33. The second-order valence-electron chi connectivity index (χ2n) is 3.61. The van der Waals surface area contributed by atoms with Crippen LogP contribution < -0.4 is 5.32 Å². The van der Waals surface area contributed by atoms with Gasteiger partial charge < -0.3 is 5.32 Å². The van der Waals surface area contributed by atoms with E-state index in [0.717, 1.165) is 6.54 Å². The highest BCUT2D eigenvalue weighted by atomic mass is 32.1. The number of aryl methyl sites for hydroxylation is 1. The van der Waals surface area contributed by atoms with E-state index in [4.69, 9.17) is 0 Å². The Morgan fingerprint density at radius 2 is 1.93 bits per heavy atom. The molecule has 1 aromatic heterocycles. The molecule has 2 rings (SSSR count). The largest absolute Gasteiger partial charge is 0.315 e. The average Bonchev–Trinajstić information content (AvgIpc) is 2.68. The van der Waals surface area contributed by atoms with E-state index in [9.17, 15) is 0 Å². The van der Waals surface area contributed by atoms with E-state index < -0.39 is 0 Å². The van der Waals surface area contributed by atoms with Crippen LogP contribution in [0.3, 0.4) is 0 Å². The van der Waals surface area contributed by atoms with E-state index in [1.165, 1.54) is 20.9 Å². The lowest BCUT2D eigenvalue weighted by Crippen LogP contribution is -2.02. The fraction of sp³-hybridized carbons (Fsp3) is 0.231. The highest BCUT2D eigenvalue weighted by Crippen LogP contribution is 2.30. The highest BCUT2D eigenvalue weighted by Gasteiger charge is 2.04. The van der Waals surface area contributed by atoms with Crippen molar-refractivity contribution in [3.63, 3.8) is 0 Å². The summed E-state index contributed by atoms with van der Waals surface area (Å²) >= 11 is 1.86. The van der Waals surface area contributed by atoms with E-state index in [1.807, 2.05) is 18.4 Å². The van der Waals surface area contributed by atoms with Gasteiger partial charge in [0.1, 0.15) is 0 Å². The Morgan fingerprint density at radius 1 is 1.13 bits per heavy atom. The summed E-state index contributed by atoms with van der Waals surface area (Å²) in [6, 6.07) is 12.9. The smallest absolute Gasteiger partial charge is 0.0348 e. The number of nitrogens with one attached hydrogen (secondary N) is 1. The van der Waals surface area contributed by atoms with Crippen molar-refractivity contribution in [1.82, 2.24) is 5.32 Å². The molecule has 0 unspecified atom stereocenters. The van der Waals surface area contributed by atoms with Crippen molar-refractivity contribution in [2.24, 2.45) is 0 Å². The molecule has 2 heteroatoms. The fourth-order valence-corrected chi connectivity index (χ4v) is 2.75. The van der Waals surface area contributed by atoms with Gasteiger partial charge in [-0.2, -0.15) is 0 Å². The summed E-state index contributed by atoms with van der Waals surface area (Å²) in [5.41, 5.74) is 2.69. The summed E-state index contributed by atoms with van der Waals surface area (Å²) in [5, 5.41) is 3.17. The number of thiophene rings is 1. The van der Waals surface area contributed by atoms with Gasteiger partial charge in [-0.05, 0) is 37.2 Å². The van der Waals surface area contributed by atoms with Gasteiger partial charge in [-0.15, -0.1) is 11.3 Å². The molecule has 0 spiro atoms. The molecule has 0 aliphatic carbocycles. The Kier molecular flexibility index (Phi) is 3.19. The molecule has 0 fully saturated rings. The molecule has 1 heterocycles. The minimum atomic E-state index is 0.955. The third-order valence-electron chi connectivity index (χ3n) is 2.42. The molecule has 78 valence electrons. The van der Waals surface area contributed by atoms with Crippen molar-refractivity contribution < 1.29 is 0 Å². The first-order chi connectivity index (χ1) is 7.31. The van der Waals surface area contributed by atoms with Crippen LogP contribution in [0.15, 0.2) is 36.4 Å². The first-order valence-corrected chi connectivity index (χ1v) is 5.92. The molecule has 1 aromatic carbocycles. The van der Waals surface area contributed by atoms with Gasteiger partial charge in [0.15, 0.2) is 0 Å². The quantitative estimate of drug-likeness (QED) is 0.830. The van der Waals surface area contributed by atoms with E-state index in [-0.39, 0.29) is 0 Å². The van der Waals surface area contributed by atoms with Crippen LogP contribution in [0.1, 0.15) is 10.4 Å². The van der Waals surface area contributed by atoms with Gasteiger partial charge in [0, 0.05) is 16.3 Å². The van der Waals surface area contributed by atoms with Crippen LogP contribution in [0.25, 0.3) is 10.4 Å². The predicted molar refractivity (Wildman–Crippen MR) is 67.3 cm³/mol. The number of hydrogen-bond donors (Lipinski definition) is 1. The predicted octanol–water partition coefficient (Wildman–Crippen LogP) is 3.44. The van der Waals surface area contributed by atoms with Crippen molar-refractivity contribution in [2.45, 2.75) is 13.5 Å². The summed E-state index contributed by atoms with van der Waals surface area (Å²) in [5.74, 6) is 0. The number of rotatable bonds is 3. The lowest BCUT2D eigenvalue weighted by atomic mass is 10.1. The Hall–Kier alpha value is -1.12. The lowest BCUT2D eigenvalue weighted by Gasteiger charge is -2.01. The number of benzene rings is 1. The van der Waals surface area contributed by atoms with Gasteiger partial charge in [-0.3, -0.25) is 0 Å². The Morgan fingerprint density at radius 3 is 2.67 bits per heavy atom. The first-order valence-electron chi connectivity index (χ1n) is 5.10. The molecule has 2 aromatic rings. The van der Waals surface area contributed by atoms with Crippen molar-refractivity contribution in [3.05, 3.63) is 46.8 Å². The topological polar surface area (TPSA) is 12.0 Å². The zero-order valence-electron chi connectivity index (χ0n) is 9.08. The maximum atomic E-state index is 3.17. The molecule has 0 aliphatic heterocycles. The third kappa shape index (κ3) is 2.28. The number of hydrogen-bond acceptors (Lipinski definition) is 2. The van der Waals surface area contributed by atoms with Gasteiger partial charge in [0.2, 0.25) is 0 Å². The fourth-order valence-electron chi connectivity index (χ4n) is 1.64. The maximum Gasteiger partial charge on any atom is 0.0348 e. The van der Waals surface area contributed by atoms with Gasteiger partial charge in [-0.25, -0.2) is 0 Å². The molecule has 1 N–H and O–H groups in total. The summed E-state index contributed by atoms with van der Waals surface area (Å²) in [7, 11) is 1.98. The lowest BCUT2D eigenvalue weighted by molar-refractivity contribution is 0.831. The molecule has 15 heavy (non-hydrogen) atoms. The molecule has 1 nitrogen and oxygen atoms in total. The second kappa shape index (κ2) is 4.60. The monoisotopic (exact) mass is 217 g/mol. The Bertz CT molecular complexity index is 445. The summed E-state index contributed by atoms with van der Waals surface area (Å²) in [4.78, 5) is 2.74. The molecule has 0 aliphatic rings. The normalized spacial score (nSPS) is 10.5. The highest BCUT2D eigenvalue weighted by molar-refractivity contribution is 7.15. The molecule has 0 saturated carbocycles. The van der Waals surface area contributed by atoms with Gasteiger partial charge in [0.25, 0.3) is 0 Å². The standard InChI is InChI=1S/C13H15NS/c1-10-5-3-4-6-12(10)13-8-7-11(15-13)9-14-2/h3-8,14H,9H2,1-2H3. The zero-order valence-corrected chi connectivity index (χ0v) is 9.90. The van der Waals surface area contributed by atoms with Crippen LogP contribution in [-0.4, -0.2) is 7.05 Å². The van der Waals surface area contributed by atoms with Crippen molar-refractivity contribution in [2.75, 3.05) is 7.05 Å². The van der Waals surface area contributed by atoms with Crippen LogP contribution in [0.4, 0.5) is 0 Å². The third-order valence-corrected chi connectivity index (χ3v) is 3.54. The molecule has 0 amide bonds. The van der Waals surface area contributed by atoms with E-state index in [0.29, 0.717) is 0 Å². The van der Waals surface area contributed by atoms with E-state index in [1.54, 1.807) is 0 Å². The van der Waals surface area contributed by atoms with Crippen LogP contribution in [0.5, 0.6) is 0 Å². The summed E-state index contributed by atoms with van der Waals surface area (Å²) in [6.45, 7) is 3.11. The molecular formula is C13H15NS. The summed E-state index contributed by atoms with van der Waals surface area (Å²) in [6.07, 6.45) is 0. The maximum absolute atomic E-state index is 3.17. The van der Waals surface area contributed by atoms with Crippen LogP contribution >= 0.6 is 11.3 Å². The van der Waals surface area contributed by atoms with Gasteiger partial charge >= 0.3 is 0 Å². The van der Waals surface area contributed by atoms with Crippen LogP contribution in [-0.2, 0) is 6.54 Å². The molecule has 0 radical (unpaired) electrons. The second-order valence-corrected chi connectivity index (χ2v) is 4.78. The molecular weight excluding hydrogens is 202 g/mol. The van der Waals surface area contributed by atoms with Crippen molar-refractivity contribution >= 4 is 11.3 Å². The summed E-state index contributed by atoms with van der Waals surface area (Å²) < 4.78 is 0. The molecule has 0 saturated heterocycles. The van der Waals surface area contributed by atoms with Crippen LogP contribution in [0.2, 0.25) is 0 Å². The van der Waals surface area contributed by atoms with Gasteiger partial charge in [0.05, 0.1) is 0 Å².